The standard InChI is InChI=1S/C25H39BrO3/c1-3-4-5-10-13-21(2)14-11-8-6-7-9-12-15-25(28)29-20-24(27)22-16-18-23(26)19-17-22/h16-19,21H,3-15,20H2,1-2H3. The van der Waals surface area contributed by atoms with Crippen molar-refractivity contribution in [3.05, 3.63) is 34.3 Å². The van der Waals surface area contributed by atoms with Gasteiger partial charge in [-0.25, -0.2) is 0 Å². The average molecular weight is 467 g/mol. The number of Topliss-reactive ketones (excluding diaryl/α,β-unsaturated/α-hetero) is 1. The van der Waals surface area contributed by atoms with Gasteiger partial charge in [0.25, 0.3) is 0 Å². The van der Waals surface area contributed by atoms with Crippen molar-refractivity contribution in [1.82, 2.24) is 0 Å². The molecule has 0 saturated carbocycles. The second-order valence-corrected chi connectivity index (χ2v) is 9.12. The number of carbonyl (C=O) groups is 2. The highest BCUT2D eigenvalue weighted by Gasteiger charge is 2.10. The van der Waals surface area contributed by atoms with Crippen LogP contribution in [0.4, 0.5) is 0 Å². The zero-order chi connectivity index (χ0) is 21.3. The molecule has 1 aromatic carbocycles. The van der Waals surface area contributed by atoms with E-state index in [0.29, 0.717) is 12.0 Å². The summed E-state index contributed by atoms with van der Waals surface area (Å²) in [5.41, 5.74) is 0.566. The second-order valence-electron chi connectivity index (χ2n) is 8.21. The van der Waals surface area contributed by atoms with Crippen LogP contribution in [-0.4, -0.2) is 18.4 Å². The van der Waals surface area contributed by atoms with E-state index in [4.69, 9.17) is 4.74 Å². The molecule has 0 aliphatic rings. The molecule has 1 rings (SSSR count). The smallest absolute Gasteiger partial charge is 0.306 e. The maximum Gasteiger partial charge on any atom is 0.306 e. The fourth-order valence-corrected chi connectivity index (χ4v) is 3.73. The molecular weight excluding hydrogens is 428 g/mol. The maximum absolute atomic E-state index is 12.0. The summed E-state index contributed by atoms with van der Waals surface area (Å²) >= 11 is 3.33. The molecule has 0 aliphatic carbocycles. The largest absolute Gasteiger partial charge is 0.457 e. The van der Waals surface area contributed by atoms with Gasteiger partial charge in [-0.1, -0.05) is 113 Å². The van der Waals surface area contributed by atoms with Crippen LogP contribution in [0.25, 0.3) is 0 Å². The Morgan fingerprint density at radius 3 is 2.03 bits per heavy atom. The Kier molecular flexibility index (Phi) is 14.8. The number of ketones is 1. The highest BCUT2D eigenvalue weighted by molar-refractivity contribution is 9.10. The van der Waals surface area contributed by atoms with E-state index in [1.807, 2.05) is 12.1 Å². The van der Waals surface area contributed by atoms with Gasteiger partial charge in [-0.2, -0.15) is 0 Å². The first-order chi connectivity index (χ1) is 14.0. The minimum absolute atomic E-state index is 0.162. The van der Waals surface area contributed by atoms with Crippen LogP contribution in [0, 0.1) is 5.92 Å². The van der Waals surface area contributed by atoms with Crippen LogP contribution in [0.1, 0.15) is 108 Å². The van der Waals surface area contributed by atoms with Crippen LogP contribution in [0.3, 0.4) is 0 Å². The summed E-state index contributed by atoms with van der Waals surface area (Å²) < 4.78 is 6.03. The molecule has 0 bridgehead atoms. The van der Waals surface area contributed by atoms with Gasteiger partial charge in [-0.15, -0.1) is 0 Å². The van der Waals surface area contributed by atoms with Gasteiger partial charge in [0, 0.05) is 16.5 Å². The maximum atomic E-state index is 12.0. The van der Waals surface area contributed by atoms with Crippen LogP contribution in [0.15, 0.2) is 28.7 Å². The highest BCUT2D eigenvalue weighted by atomic mass is 79.9. The molecule has 1 unspecified atom stereocenters. The lowest BCUT2D eigenvalue weighted by atomic mass is 9.96. The van der Waals surface area contributed by atoms with E-state index in [-0.39, 0.29) is 18.4 Å². The van der Waals surface area contributed by atoms with Crippen molar-refractivity contribution >= 4 is 27.7 Å². The minimum Gasteiger partial charge on any atom is -0.457 e. The second kappa shape index (κ2) is 16.6. The fraction of sp³-hybridized carbons (Fsp3) is 0.680. The molecule has 29 heavy (non-hydrogen) atoms. The summed E-state index contributed by atoms with van der Waals surface area (Å²) in [4.78, 5) is 23.8. The van der Waals surface area contributed by atoms with Gasteiger partial charge in [-0.3, -0.25) is 9.59 Å². The number of halogens is 1. The molecule has 0 N–H and O–H groups in total. The molecule has 0 aromatic heterocycles. The summed E-state index contributed by atoms with van der Waals surface area (Å²) in [7, 11) is 0. The van der Waals surface area contributed by atoms with Crippen molar-refractivity contribution in [3.8, 4) is 0 Å². The molecule has 164 valence electrons. The molecule has 0 aliphatic heterocycles. The number of carbonyl (C=O) groups excluding carboxylic acids is 2. The van der Waals surface area contributed by atoms with Gasteiger partial charge in [0.05, 0.1) is 0 Å². The first-order valence-corrected chi connectivity index (χ1v) is 12.3. The topological polar surface area (TPSA) is 43.4 Å². The number of hydrogen-bond donors (Lipinski definition) is 0. The summed E-state index contributed by atoms with van der Waals surface area (Å²) in [5, 5.41) is 0. The molecule has 1 aromatic rings. The molecule has 0 heterocycles. The summed E-state index contributed by atoms with van der Waals surface area (Å²) in [5.74, 6) is 0.430. The third-order valence-corrected chi connectivity index (χ3v) is 5.94. The van der Waals surface area contributed by atoms with Crippen LogP contribution in [-0.2, 0) is 9.53 Å². The molecule has 4 heteroatoms. The van der Waals surface area contributed by atoms with Crippen molar-refractivity contribution in [3.63, 3.8) is 0 Å². The van der Waals surface area contributed by atoms with Crippen molar-refractivity contribution in [1.29, 1.82) is 0 Å². The molecule has 0 fully saturated rings. The lowest BCUT2D eigenvalue weighted by Gasteiger charge is -2.10. The highest BCUT2D eigenvalue weighted by Crippen LogP contribution is 2.18. The van der Waals surface area contributed by atoms with Crippen molar-refractivity contribution in [2.24, 2.45) is 5.92 Å². The lowest BCUT2D eigenvalue weighted by Crippen LogP contribution is -2.13. The van der Waals surface area contributed by atoms with E-state index >= 15 is 0 Å². The van der Waals surface area contributed by atoms with Crippen LogP contribution < -0.4 is 0 Å². The first-order valence-electron chi connectivity index (χ1n) is 11.5. The Morgan fingerprint density at radius 2 is 1.41 bits per heavy atom. The van der Waals surface area contributed by atoms with Crippen molar-refractivity contribution in [2.75, 3.05) is 6.61 Å². The van der Waals surface area contributed by atoms with Crippen LogP contribution in [0.5, 0.6) is 0 Å². The quantitative estimate of drug-likeness (QED) is 0.133. The van der Waals surface area contributed by atoms with E-state index in [9.17, 15) is 9.59 Å². The van der Waals surface area contributed by atoms with Crippen LogP contribution in [0.2, 0.25) is 0 Å². The predicted octanol–water partition coefficient (Wildman–Crippen LogP) is 7.90. The Labute approximate surface area is 186 Å². The van der Waals surface area contributed by atoms with Gasteiger partial charge < -0.3 is 4.74 Å². The van der Waals surface area contributed by atoms with Gasteiger partial charge in [0.15, 0.2) is 12.4 Å². The average Bonchev–Trinajstić information content (AvgIpc) is 2.72. The molecule has 0 saturated heterocycles. The van der Waals surface area contributed by atoms with E-state index in [1.165, 1.54) is 64.2 Å². The van der Waals surface area contributed by atoms with Crippen molar-refractivity contribution < 1.29 is 14.3 Å². The fourth-order valence-electron chi connectivity index (χ4n) is 3.47. The summed E-state index contributed by atoms with van der Waals surface area (Å²) in [6.45, 7) is 4.48. The Balaban J connectivity index is 1.94. The summed E-state index contributed by atoms with van der Waals surface area (Å²) in [6, 6.07) is 7.08. The normalized spacial score (nSPS) is 12.0. The monoisotopic (exact) mass is 466 g/mol. The molecule has 3 nitrogen and oxygen atoms in total. The number of ether oxygens (including phenoxy) is 1. The van der Waals surface area contributed by atoms with Gasteiger partial charge in [0.2, 0.25) is 0 Å². The number of benzene rings is 1. The predicted molar refractivity (Wildman–Crippen MR) is 124 cm³/mol. The molecular formula is C25H39BrO3. The minimum atomic E-state index is -0.271. The van der Waals surface area contributed by atoms with Gasteiger partial charge >= 0.3 is 5.97 Å². The third kappa shape index (κ3) is 13.6. The third-order valence-electron chi connectivity index (χ3n) is 5.41. The number of rotatable bonds is 17. The SMILES string of the molecule is CCCCCCC(C)CCCCCCCCC(=O)OCC(=O)c1ccc(Br)cc1. The number of hydrogen-bond acceptors (Lipinski definition) is 3. The number of esters is 1. The van der Waals surface area contributed by atoms with Crippen molar-refractivity contribution in [2.45, 2.75) is 97.3 Å². The van der Waals surface area contributed by atoms with Gasteiger partial charge in [-0.05, 0) is 24.5 Å². The first kappa shape index (κ1) is 25.9. The van der Waals surface area contributed by atoms with E-state index < -0.39 is 0 Å². The molecule has 0 radical (unpaired) electrons. The Hall–Kier alpha value is -1.16. The van der Waals surface area contributed by atoms with E-state index in [2.05, 4.69) is 29.8 Å². The Morgan fingerprint density at radius 1 is 0.862 bits per heavy atom. The van der Waals surface area contributed by atoms with Gasteiger partial charge in [0.1, 0.15) is 0 Å². The Bertz CT molecular complexity index is 568. The molecule has 0 spiro atoms. The summed E-state index contributed by atoms with van der Waals surface area (Å²) in [6.07, 6.45) is 15.6. The van der Waals surface area contributed by atoms with E-state index in [0.717, 1.165) is 23.2 Å². The zero-order valence-corrected chi connectivity index (χ0v) is 20.0. The molecule has 0 amide bonds. The molecule has 1 atom stereocenters. The van der Waals surface area contributed by atoms with Crippen LogP contribution >= 0.6 is 15.9 Å². The zero-order valence-electron chi connectivity index (χ0n) is 18.4. The lowest BCUT2D eigenvalue weighted by molar-refractivity contribution is -0.142. The number of unbranched alkanes of at least 4 members (excludes halogenated alkanes) is 8. The van der Waals surface area contributed by atoms with E-state index in [1.54, 1.807) is 12.1 Å².